The zero-order valence-electron chi connectivity index (χ0n) is 10.7. The number of fused-ring (bicyclic) bond motifs is 1. The van der Waals surface area contributed by atoms with E-state index in [-0.39, 0.29) is 0 Å². The molecule has 3 saturated carbocycles. The SMILES string of the molecule is CC1(C)[C@@H]2C[C@H]3C(=CCc4ccccc43)[C@@H]1C2. The monoisotopic (exact) mass is 224 g/mol. The van der Waals surface area contributed by atoms with Gasteiger partial charge in [-0.2, -0.15) is 0 Å². The standard InChI is InChI=1S/C17H20/c1-17(2)12-9-15-13-6-4-3-5-11(13)7-8-14(15)16(17)10-12/h3-6,8,12,15-16H,7,9-10H2,1-2H3/t12-,15-,16+/m1/s1. The highest BCUT2D eigenvalue weighted by molar-refractivity contribution is 5.45. The average Bonchev–Trinajstić information content (AvgIpc) is 2.37. The van der Waals surface area contributed by atoms with Crippen LogP contribution in [-0.4, -0.2) is 0 Å². The Morgan fingerprint density at radius 3 is 2.76 bits per heavy atom. The molecule has 0 amide bonds. The summed E-state index contributed by atoms with van der Waals surface area (Å²) in [5.41, 5.74) is 5.56. The Balaban J connectivity index is 1.80. The molecule has 0 spiro atoms. The van der Waals surface area contributed by atoms with E-state index in [4.69, 9.17) is 0 Å². The minimum absolute atomic E-state index is 0.578. The molecule has 88 valence electrons. The minimum atomic E-state index is 0.578. The third-order valence-corrected chi connectivity index (χ3v) is 5.78. The van der Waals surface area contributed by atoms with Gasteiger partial charge in [-0.25, -0.2) is 0 Å². The number of benzene rings is 1. The van der Waals surface area contributed by atoms with E-state index in [1.54, 1.807) is 16.7 Å². The molecule has 3 atom stereocenters. The average molecular weight is 224 g/mol. The molecule has 0 heteroatoms. The fourth-order valence-corrected chi connectivity index (χ4v) is 4.52. The second-order valence-corrected chi connectivity index (χ2v) is 6.70. The summed E-state index contributed by atoms with van der Waals surface area (Å²) < 4.78 is 0. The van der Waals surface area contributed by atoms with Gasteiger partial charge in [0.05, 0.1) is 0 Å². The highest BCUT2D eigenvalue weighted by atomic mass is 14.6. The van der Waals surface area contributed by atoms with Crippen molar-refractivity contribution in [3.63, 3.8) is 0 Å². The predicted molar refractivity (Wildman–Crippen MR) is 71.0 cm³/mol. The minimum Gasteiger partial charge on any atom is -0.0800 e. The van der Waals surface area contributed by atoms with Gasteiger partial charge in [0.25, 0.3) is 0 Å². The second-order valence-electron chi connectivity index (χ2n) is 6.70. The van der Waals surface area contributed by atoms with E-state index in [9.17, 15) is 0 Å². The van der Waals surface area contributed by atoms with Crippen LogP contribution in [0.4, 0.5) is 0 Å². The van der Waals surface area contributed by atoms with Crippen molar-refractivity contribution in [3.8, 4) is 0 Å². The normalized spacial score (nSPS) is 36.4. The van der Waals surface area contributed by atoms with Gasteiger partial charge in [0, 0.05) is 5.92 Å². The third-order valence-electron chi connectivity index (χ3n) is 5.78. The molecule has 5 rings (SSSR count). The maximum atomic E-state index is 2.55. The summed E-state index contributed by atoms with van der Waals surface area (Å²) in [6, 6.07) is 9.08. The summed E-state index contributed by atoms with van der Waals surface area (Å²) in [7, 11) is 0. The number of hydrogen-bond acceptors (Lipinski definition) is 0. The highest BCUT2D eigenvalue weighted by Gasteiger charge is 2.55. The van der Waals surface area contributed by atoms with Crippen LogP contribution in [0.2, 0.25) is 0 Å². The van der Waals surface area contributed by atoms with Crippen LogP contribution in [0.3, 0.4) is 0 Å². The van der Waals surface area contributed by atoms with Crippen molar-refractivity contribution >= 4 is 0 Å². The Morgan fingerprint density at radius 1 is 1.12 bits per heavy atom. The van der Waals surface area contributed by atoms with Gasteiger partial charge in [-0.1, -0.05) is 49.8 Å². The lowest BCUT2D eigenvalue weighted by Crippen LogP contribution is -2.51. The first-order chi connectivity index (χ1) is 8.18. The molecule has 0 N–H and O–H groups in total. The van der Waals surface area contributed by atoms with Gasteiger partial charge in [-0.15, -0.1) is 0 Å². The predicted octanol–water partition coefficient (Wildman–Crippen LogP) is 4.32. The molecule has 0 unspecified atom stereocenters. The summed E-state index contributed by atoms with van der Waals surface area (Å²) in [6.07, 6.45) is 6.57. The Morgan fingerprint density at radius 2 is 1.94 bits per heavy atom. The van der Waals surface area contributed by atoms with E-state index in [1.165, 1.54) is 19.3 Å². The van der Waals surface area contributed by atoms with Gasteiger partial charge < -0.3 is 0 Å². The van der Waals surface area contributed by atoms with Gasteiger partial charge >= 0.3 is 0 Å². The first kappa shape index (κ1) is 9.94. The van der Waals surface area contributed by atoms with Crippen LogP contribution in [0, 0.1) is 17.3 Å². The second kappa shape index (κ2) is 3.04. The molecule has 0 heterocycles. The fourth-order valence-electron chi connectivity index (χ4n) is 4.52. The molecule has 4 aliphatic carbocycles. The smallest absolute Gasteiger partial charge is 0.00569 e. The number of allylic oxidation sites excluding steroid dienone is 2. The van der Waals surface area contributed by atoms with E-state index in [1.807, 2.05) is 0 Å². The van der Waals surface area contributed by atoms with Crippen LogP contribution in [0.1, 0.15) is 43.7 Å². The van der Waals surface area contributed by atoms with Crippen LogP contribution >= 0.6 is 0 Å². The van der Waals surface area contributed by atoms with E-state index >= 15 is 0 Å². The van der Waals surface area contributed by atoms with Crippen molar-refractivity contribution in [1.82, 2.24) is 0 Å². The molecule has 4 aliphatic rings. The molecule has 0 saturated heterocycles. The fraction of sp³-hybridized carbons (Fsp3) is 0.529. The van der Waals surface area contributed by atoms with Crippen molar-refractivity contribution in [2.24, 2.45) is 17.3 Å². The van der Waals surface area contributed by atoms with Gasteiger partial charge in [0.1, 0.15) is 0 Å². The van der Waals surface area contributed by atoms with Crippen molar-refractivity contribution in [3.05, 3.63) is 47.0 Å². The molecule has 17 heavy (non-hydrogen) atoms. The van der Waals surface area contributed by atoms with Crippen molar-refractivity contribution < 1.29 is 0 Å². The molecule has 2 bridgehead atoms. The number of hydrogen-bond donors (Lipinski definition) is 0. The van der Waals surface area contributed by atoms with E-state index in [2.05, 4.69) is 44.2 Å². The Kier molecular flexibility index (Phi) is 1.78. The van der Waals surface area contributed by atoms with Crippen molar-refractivity contribution in [1.29, 1.82) is 0 Å². The van der Waals surface area contributed by atoms with Crippen LogP contribution in [0.25, 0.3) is 0 Å². The summed E-state index contributed by atoms with van der Waals surface area (Å²) in [6.45, 7) is 4.95. The maximum absolute atomic E-state index is 2.55. The van der Waals surface area contributed by atoms with Crippen molar-refractivity contribution in [2.45, 2.75) is 39.0 Å². The Hall–Kier alpha value is -1.04. The molecular weight excluding hydrogens is 204 g/mol. The Bertz CT molecular complexity index is 507. The Labute approximate surface area is 104 Å². The zero-order valence-corrected chi connectivity index (χ0v) is 10.7. The molecule has 0 aromatic heterocycles. The molecule has 1 aromatic rings. The topological polar surface area (TPSA) is 0 Å². The third kappa shape index (κ3) is 1.14. The first-order valence-electron chi connectivity index (χ1n) is 6.95. The van der Waals surface area contributed by atoms with E-state index in [0.29, 0.717) is 5.41 Å². The summed E-state index contributed by atoms with van der Waals surface area (Å²) >= 11 is 0. The van der Waals surface area contributed by atoms with Gasteiger partial charge in [0.2, 0.25) is 0 Å². The summed E-state index contributed by atoms with van der Waals surface area (Å²) in [5.74, 6) is 2.59. The van der Waals surface area contributed by atoms with Crippen molar-refractivity contribution in [2.75, 3.05) is 0 Å². The van der Waals surface area contributed by atoms with Gasteiger partial charge in [-0.05, 0) is 47.6 Å². The lowest BCUT2D eigenvalue weighted by molar-refractivity contribution is -0.0361. The summed E-state index contributed by atoms with van der Waals surface area (Å²) in [5, 5.41) is 0. The lowest BCUT2D eigenvalue weighted by Gasteiger charge is -2.61. The molecular formula is C17H20. The van der Waals surface area contributed by atoms with Gasteiger partial charge in [0.15, 0.2) is 0 Å². The van der Waals surface area contributed by atoms with E-state index < -0.39 is 0 Å². The molecule has 1 aromatic carbocycles. The molecule has 0 nitrogen and oxygen atoms in total. The largest absolute Gasteiger partial charge is 0.0800 e. The van der Waals surface area contributed by atoms with E-state index in [0.717, 1.165) is 17.8 Å². The molecule has 3 fully saturated rings. The van der Waals surface area contributed by atoms with Crippen LogP contribution in [0.5, 0.6) is 0 Å². The zero-order chi connectivity index (χ0) is 11.6. The maximum Gasteiger partial charge on any atom is 0.00569 e. The quantitative estimate of drug-likeness (QED) is 0.576. The molecule has 0 aliphatic heterocycles. The van der Waals surface area contributed by atoms with Crippen LogP contribution < -0.4 is 0 Å². The van der Waals surface area contributed by atoms with Gasteiger partial charge in [-0.3, -0.25) is 0 Å². The first-order valence-corrected chi connectivity index (χ1v) is 6.95. The lowest BCUT2D eigenvalue weighted by atomic mass is 9.44. The van der Waals surface area contributed by atoms with Crippen LogP contribution in [-0.2, 0) is 6.42 Å². The summed E-state index contributed by atoms with van der Waals surface area (Å²) in [4.78, 5) is 0. The highest BCUT2D eigenvalue weighted by Crippen LogP contribution is 2.65. The molecule has 0 radical (unpaired) electrons. The van der Waals surface area contributed by atoms with Crippen LogP contribution in [0.15, 0.2) is 35.9 Å². The number of rotatable bonds is 0.